The van der Waals surface area contributed by atoms with Gasteiger partial charge in [-0.25, -0.2) is 0 Å². The van der Waals surface area contributed by atoms with E-state index >= 15 is 0 Å². The Balaban J connectivity index is 2.52. The maximum absolute atomic E-state index is 11.1. The van der Waals surface area contributed by atoms with Crippen LogP contribution in [0.2, 0.25) is 0 Å². The molecule has 2 N–H and O–H groups in total. The molecule has 0 aliphatic rings. The summed E-state index contributed by atoms with van der Waals surface area (Å²) in [7, 11) is 1.51. The van der Waals surface area contributed by atoms with Crippen LogP contribution in [0.5, 0.6) is 0 Å². The molecule has 4 heteroatoms. The summed E-state index contributed by atoms with van der Waals surface area (Å²) in [6.07, 6.45) is 1.78. The molecule has 19 heavy (non-hydrogen) atoms. The van der Waals surface area contributed by atoms with Crippen LogP contribution in [0.1, 0.15) is 25.8 Å². The minimum Gasteiger partial charge on any atom is -0.480 e. The molecule has 0 aromatic heterocycles. The van der Waals surface area contributed by atoms with Gasteiger partial charge in [-0.05, 0) is 32.3 Å². The molecule has 1 aromatic rings. The van der Waals surface area contributed by atoms with E-state index in [2.05, 4.69) is 17.4 Å². The van der Waals surface area contributed by atoms with E-state index in [1.807, 2.05) is 32.0 Å². The fourth-order valence-corrected chi connectivity index (χ4v) is 1.99. The fraction of sp³-hybridized carbons (Fsp3) is 0.533. The smallest absolute Gasteiger partial charge is 0.323 e. The molecule has 1 aromatic carbocycles. The molecule has 106 valence electrons. The number of methoxy groups -OCH3 is 1. The second-order valence-corrected chi connectivity index (χ2v) is 5.36. The highest BCUT2D eigenvalue weighted by atomic mass is 16.5. The highest BCUT2D eigenvalue weighted by Gasteiger charge is 2.26. The van der Waals surface area contributed by atoms with Gasteiger partial charge in [0.05, 0.1) is 6.61 Å². The average molecular weight is 265 g/mol. The van der Waals surface area contributed by atoms with E-state index in [0.29, 0.717) is 0 Å². The zero-order valence-corrected chi connectivity index (χ0v) is 11.8. The maximum atomic E-state index is 11.1. The summed E-state index contributed by atoms with van der Waals surface area (Å²) >= 11 is 0. The van der Waals surface area contributed by atoms with Crippen LogP contribution in [-0.2, 0) is 16.0 Å². The number of benzene rings is 1. The Kier molecular flexibility index (Phi) is 5.99. The first-order valence-corrected chi connectivity index (χ1v) is 6.48. The average Bonchev–Trinajstić information content (AvgIpc) is 2.37. The van der Waals surface area contributed by atoms with Crippen molar-refractivity contribution in [2.75, 3.05) is 13.7 Å². The third-order valence-corrected chi connectivity index (χ3v) is 3.08. The van der Waals surface area contributed by atoms with Gasteiger partial charge in [0.2, 0.25) is 0 Å². The molecule has 4 nitrogen and oxygen atoms in total. The summed E-state index contributed by atoms with van der Waals surface area (Å²) in [5, 5.41) is 12.2. The predicted molar refractivity (Wildman–Crippen MR) is 75.3 cm³/mol. The number of aryl methyl sites for hydroxylation is 1. The monoisotopic (exact) mass is 265 g/mol. The molecule has 0 aliphatic carbocycles. The van der Waals surface area contributed by atoms with Crippen LogP contribution in [0, 0.1) is 0 Å². The van der Waals surface area contributed by atoms with Crippen LogP contribution in [-0.4, -0.2) is 36.4 Å². The van der Waals surface area contributed by atoms with Crippen molar-refractivity contribution >= 4 is 5.97 Å². The van der Waals surface area contributed by atoms with Gasteiger partial charge in [-0.15, -0.1) is 0 Å². The lowest BCUT2D eigenvalue weighted by atomic mass is 9.94. The van der Waals surface area contributed by atoms with Crippen molar-refractivity contribution in [2.24, 2.45) is 0 Å². The van der Waals surface area contributed by atoms with Gasteiger partial charge in [0.1, 0.15) is 6.04 Å². The van der Waals surface area contributed by atoms with E-state index < -0.39 is 12.0 Å². The Labute approximate surface area is 114 Å². The number of rotatable bonds is 8. The standard InChI is InChI=1S/C15H23NO3/c1-15(2,16-13(11-19-3)14(17)18)10-9-12-7-5-4-6-8-12/h4-8,13,16H,9-11H2,1-3H3,(H,17,18). The molecule has 1 rings (SSSR count). The van der Waals surface area contributed by atoms with Gasteiger partial charge in [0.15, 0.2) is 0 Å². The highest BCUT2D eigenvalue weighted by Crippen LogP contribution is 2.14. The largest absolute Gasteiger partial charge is 0.480 e. The first-order chi connectivity index (χ1) is 8.94. The normalized spacial score (nSPS) is 13.2. The lowest BCUT2D eigenvalue weighted by molar-refractivity contribution is -0.141. The van der Waals surface area contributed by atoms with Crippen LogP contribution in [0.3, 0.4) is 0 Å². The van der Waals surface area contributed by atoms with Gasteiger partial charge < -0.3 is 9.84 Å². The fourth-order valence-electron chi connectivity index (χ4n) is 1.99. The van der Waals surface area contributed by atoms with Gasteiger partial charge in [-0.2, -0.15) is 0 Å². The van der Waals surface area contributed by atoms with Gasteiger partial charge in [0, 0.05) is 12.6 Å². The molecule has 0 bridgehead atoms. The summed E-state index contributed by atoms with van der Waals surface area (Å²) in [5.41, 5.74) is 1.01. The number of ether oxygens (including phenoxy) is 1. The van der Waals surface area contributed by atoms with Crippen molar-refractivity contribution in [3.8, 4) is 0 Å². The van der Waals surface area contributed by atoms with E-state index in [-0.39, 0.29) is 12.1 Å². The van der Waals surface area contributed by atoms with Crippen molar-refractivity contribution in [2.45, 2.75) is 38.3 Å². The lowest BCUT2D eigenvalue weighted by Crippen LogP contribution is -2.51. The quantitative estimate of drug-likeness (QED) is 0.755. The minimum atomic E-state index is -0.880. The van der Waals surface area contributed by atoms with E-state index in [1.54, 1.807) is 0 Å². The van der Waals surface area contributed by atoms with Crippen molar-refractivity contribution in [1.82, 2.24) is 5.32 Å². The Morgan fingerprint density at radius 2 is 2.00 bits per heavy atom. The number of carboxylic acid groups (broad SMARTS) is 1. The summed E-state index contributed by atoms with van der Waals surface area (Å²) in [6.45, 7) is 4.20. The van der Waals surface area contributed by atoms with Crippen LogP contribution >= 0.6 is 0 Å². The summed E-state index contributed by atoms with van der Waals surface area (Å²) < 4.78 is 4.93. The number of hydrogen-bond donors (Lipinski definition) is 2. The number of carboxylic acids is 1. The number of carbonyl (C=O) groups is 1. The van der Waals surface area contributed by atoms with Gasteiger partial charge in [-0.3, -0.25) is 10.1 Å². The van der Waals surface area contributed by atoms with Gasteiger partial charge in [-0.1, -0.05) is 30.3 Å². The van der Waals surface area contributed by atoms with Gasteiger partial charge in [0.25, 0.3) is 0 Å². The second kappa shape index (κ2) is 7.26. The van der Waals surface area contributed by atoms with E-state index in [1.165, 1.54) is 12.7 Å². The van der Waals surface area contributed by atoms with Crippen LogP contribution in [0.25, 0.3) is 0 Å². The molecule has 0 radical (unpaired) electrons. The van der Waals surface area contributed by atoms with E-state index in [9.17, 15) is 4.79 Å². The number of hydrogen-bond acceptors (Lipinski definition) is 3. The van der Waals surface area contributed by atoms with Crippen LogP contribution < -0.4 is 5.32 Å². The molecular weight excluding hydrogens is 242 g/mol. The lowest BCUT2D eigenvalue weighted by Gasteiger charge is -2.30. The summed E-state index contributed by atoms with van der Waals surface area (Å²) in [5.74, 6) is -0.880. The summed E-state index contributed by atoms with van der Waals surface area (Å²) in [4.78, 5) is 11.1. The number of aliphatic carboxylic acids is 1. The van der Waals surface area contributed by atoms with Crippen molar-refractivity contribution in [3.63, 3.8) is 0 Å². The van der Waals surface area contributed by atoms with E-state index in [0.717, 1.165) is 12.8 Å². The molecular formula is C15H23NO3. The first kappa shape index (κ1) is 15.7. The molecule has 0 amide bonds. The van der Waals surface area contributed by atoms with Crippen molar-refractivity contribution in [3.05, 3.63) is 35.9 Å². The predicted octanol–water partition coefficient (Wildman–Crippen LogP) is 2.09. The van der Waals surface area contributed by atoms with Gasteiger partial charge >= 0.3 is 5.97 Å². The Hall–Kier alpha value is -1.39. The SMILES string of the molecule is COCC(NC(C)(C)CCc1ccccc1)C(=O)O. The Bertz CT molecular complexity index is 390. The molecule has 0 spiro atoms. The molecule has 1 atom stereocenters. The van der Waals surface area contributed by atoms with Crippen LogP contribution in [0.4, 0.5) is 0 Å². The highest BCUT2D eigenvalue weighted by molar-refractivity contribution is 5.73. The minimum absolute atomic E-state index is 0.171. The molecule has 0 fully saturated rings. The van der Waals surface area contributed by atoms with Crippen LogP contribution in [0.15, 0.2) is 30.3 Å². The first-order valence-electron chi connectivity index (χ1n) is 6.48. The molecule has 0 aliphatic heterocycles. The van der Waals surface area contributed by atoms with Crippen molar-refractivity contribution in [1.29, 1.82) is 0 Å². The van der Waals surface area contributed by atoms with Crippen molar-refractivity contribution < 1.29 is 14.6 Å². The second-order valence-electron chi connectivity index (χ2n) is 5.36. The molecule has 0 saturated heterocycles. The maximum Gasteiger partial charge on any atom is 0.323 e. The zero-order chi connectivity index (χ0) is 14.3. The molecule has 1 unspecified atom stereocenters. The summed E-state index contributed by atoms with van der Waals surface area (Å²) in [6, 6.07) is 9.52. The topological polar surface area (TPSA) is 58.6 Å². The Morgan fingerprint density at radius 3 is 2.53 bits per heavy atom. The molecule has 0 heterocycles. The third kappa shape index (κ3) is 5.85. The molecule has 0 saturated carbocycles. The van der Waals surface area contributed by atoms with E-state index in [4.69, 9.17) is 9.84 Å². The number of nitrogens with one attached hydrogen (secondary N) is 1. The Morgan fingerprint density at radius 1 is 1.37 bits per heavy atom. The third-order valence-electron chi connectivity index (χ3n) is 3.08. The zero-order valence-electron chi connectivity index (χ0n) is 11.8.